The Balaban J connectivity index is 1.70. The quantitative estimate of drug-likeness (QED) is 0.234. The fourth-order valence-corrected chi connectivity index (χ4v) is 3.33. The van der Waals surface area contributed by atoms with Crippen LogP contribution in [0.2, 0.25) is 0 Å². The highest BCUT2D eigenvalue weighted by Crippen LogP contribution is 2.27. The number of carbonyl (C=O) groups excluding carboxylic acids is 2. The first kappa shape index (κ1) is 21.8. The van der Waals surface area contributed by atoms with E-state index in [0.29, 0.717) is 33.6 Å². The summed E-state index contributed by atoms with van der Waals surface area (Å²) < 4.78 is 21.1. The van der Waals surface area contributed by atoms with Crippen molar-refractivity contribution < 1.29 is 28.2 Å². The number of carbonyl (C=O) groups is 2. The molecular weight excluding hydrogens is 424 g/mol. The van der Waals surface area contributed by atoms with Crippen molar-refractivity contribution in [2.24, 2.45) is 0 Å². The van der Waals surface area contributed by atoms with Gasteiger partial charge in [-0.25, -0.2) is 9.59 Å². The smallest absolute Gasteiger partial charge is 0.351 e. The molecule has 1 unspecified atom stereocenters. The van der Waals surface area contributed by atoms with E-state index in [1.165, 1.54) is 20.3 Å². The minimum Gasteiger partial charge on any atom is -0.497 e. The van der Waals surface area contributed by atoms with Crippen LogP contribution in [0.1, 0.15) is 32.4 Å². The zero-order valence-corrected chi connectivity index (χ0v) is 17.9. The molecule has 0 saturated carbocycles. The van der Waals surface area contributed by atoms with Gasteiger partial charge >= 0.3 is 11.6 Å². The number of fused-ring (bicyclic) bond motifs is 1. The number of ketones is 1. The van der Waals surface area contributed by atoms with E-state index in [4.69, 9.17) is 18.6 Å². The second kappa shape index (κ2) is 9.40. The first-order valence-corrected chi connectivity index (χ1v) is 10.1. The molecule has 0 fully saturated rings. The molecule has 0 aliphatic carbocycles. The van der Waals surface area contributed by atoms with Crippen molar-refractivity contribution in [1.29, 1.82) is 0 Å². The maximum Gasteiger partial charge on any atom is 0.351 e. The molecule has 0 saturated heterocycles. The Morgan fingerprint density at radius 2 is 1.42 bits per heavy atom. The summed E-state index contributed by atoms with van der Waals surface area (Å²) in [5.74, 6) is -0.257. The topological polar surface area (TPSA) is 92.0 Å². The lowest BCUT2D eigenvalue weighted by Gasteiger charge is -2.18. The fourth-order valence-electron chi connectivity index (χ4n) is 3.33. The van der Waals surface area contributed by atoms with Crippen LogP contribution in [-0.4, -0.2) is 26.0 Å². The minimum absolute atomic E-state index is 0.297. The molecule has 0 bridgehead atoms. The predicted molar refractivity (Wildman–Crippen MR) is 121 cm³/mol. The first-order valence-electron chi connectivity index (χ1n) is 10.1. The third kappa shape index (κ3) is 4.62. The standard InChI is InChI=1S/C26H20O7/c1-30-19-11-7-16(8-12-19)23(27)24(17-9-13-20(31-2)14-10-17)33-26(29)21-15-18-5-3-4-6-22(18)32-25(21)28/h3-15,24H,1-2H3. The van der Waals surface area contributed by atoms with Crippen LogP contribution in [0.15, 0.2) is 88.1 Å². The summed E-state index contributed by atoms with van der Waals surface area (Å²) in [6, 6.07) is 21.2. The van der Waals surface area contributed by atoms with Crippen LogP contribution in [-0.2, 0) is 4.74 Å². The van der Waals surface area contributed by atoms with Gasteiger partial charge < -0.3 is 18.6 Å². The molecule has 4 aromatic rings. The van der Waals surface area contributed by atoms with Crippen molar-refractivity contribution in [3.05, 3.63) is 106 Å². The molecule has 0 aliphatic heterocycles. The van der Waals surface area contributed by atoms with Gasteiger partial charge in [-0.05, 0) is 48.5 Å². The normalized spacial score (nSPS) is 11.6. The van der Waals surface area contributed by atoms with Crippen molar-refractivity contribution in [2.75, 3.05) is 14.2 Å². The van der Waals surface area contributed by atoms with Crippen LogP contribution in [0.25, 0.3) is 11.0 Å². The number of benzene rings is 3. The Bertz CT molecular complexity index is 1350. The van der Waals surface area contributed by atoms with Crippen molar-refractivity contribution in [2.45, 2.75) is 6.10 Å². The highest BCUT2D eigenvalue weighted by atomic mass is 16.5. The molecule has 0 spiro atoms. The largest absolute Gasteiger partial charge is 0.497 e. The number of hydrogen-bond donors (Lipinski definition) is 0. The molecule has 7 nitrogen and oxygen atoms in total. The predicted octanol–water partition coefficient (Wildman–Crippen LogP) is 4.59. The summed E-state index contributed by atoms with van der Waals surface area (Å²) in [6.45, 7) is 0. The van der Waals surface area contributed by atoms with Crippen LogP contribution in [0.3, 0.4) is 0 Å². The van der Waals surface area contributed by atoms with E-state index in [9.17, 15) is 14.4 Å². The Morgan fingerprint density at radius 1 is 0.818 bits per heavy atom. The number of methoxy groups -OCH3 is 2. The van der Waals surface area contributed by atoms with Gasteiger partial charge in [-0.2, -0.15) is 0 Å². The van der Waals surface area contributed by atoms with E-state index in [0.717, 1.165) is 0 Å². The minimum atomic E-state index is -1.29. The number of rotatable bonds is 7. The molecule has 166 valence electrons. The van der Waals surface area contributed by atoms with Gasteiger partial charge in [-0.3, -0.25) is 4.79 Å². The number of esters is 1. The Kier molecular flexibility index (Phi) is 6.22. The number of para-hydroxylation sites is 1. The highest BCUT2D eigenvalue weighted by Gasteiger charge is 2.28. The first-order chi connectivity index (χ1) is 16.0. The molecule has 0 N–H and O–H groups in total. The molecule has 1 atom stereocenters. The summed E-state index contributed by atoms with van der Waals surface area (Å²) in [5, 5.41) is 0.562. The summed E-state index contributed by atoms with van der Waals surface area (Å²) in [6.07, 6.45) is -1.29. The summed E-state index contributed by atoms with van der Waals surface area (Å²) in [5.41, 5.74) is -0.0519. The SMILES string of the molecule is COc1ccc(C(=O)C(OC(=O)c2cc3ccccc3oc2=O)c2ccc(OC)cc2)cc1. The van der Waals surface area contributed by atoms with E-state index in [-0.39, 0.29) is 5.56 Å². The van der Waals surface area contributed by atoms with E-state index < -0.39 is 23.5 Å². The molecule has 7 heteroatoms. The maximum absolute atomic E-state index is 13.3. The van der Waals surface area contributed by atoms with Gasteiger partial charge in [0.2, 0.25) is 5.78 Å². The molecule has 33 heavy (non-hydrogen) atoms. The van der Waals surface area contributed by atoms with Crippen LogP contribution in [0.5, 0.6) is 11.5 Å². The van der Waals surface area contributed by atoms with Gasteiger partial charge in [0.25, 0.3) is 0 Å². The van der Waals surface area contributed by atoms with Crippen molar-refractivity contribution >= 4 is 22.7 Å². The van der Waals surface area contributed by atoms with Crippen molar-refractivity contribution in [3.63, 3.8) is 0 Å². The van der Waals surface area contributed by atoms with Crippen molar-refractivity contribution in [1.82, 2.24) is 0 Å². The van der Waals surface area contributed by atoms with Crippen LogP contribution >= 0.6 is 0 Å². The summed E-state index contributed by atoms with van der Waals surface area (Å²) in [4.78, 5) is 38.7. The van der Waals surface area contributed by atoms with Gasteiger partial charge in [0, 0.05) is 16.5 Å². The molecule has 0 aliphatic rings. The fraction of sp³-hybridized carbons (Fsp3) is 0.115. The summed E-state index contributed by atoms with van der Waals surface area (Å²) >= 11 is 0. The van der Waals surface area contributed by atoms with E-state index >= 15 is 0 Å². The van der Waals surface area contributed by atoms with Crippen LogP contribution in [0, 0.1) is 0 Å². The monoisotopic (exact) mass is 444 g/mol. The lowest BCUT2D eigenvalue weighted by Crippen LogP contribution is -2.23. The van der Waals surface area contributed by atoms with E-state index in [2.05, 4.69) is 0 Å². The number of ether oxygens (including phenoxy) is 3. The molecular formula is C26H20O7. The third-order valence-corrected chi connectivity index (χ3v) is 5.12. The Hall–Kier alpha value is -4.39. The Labute approximate surface area is 189 Å². The van der Waals surface area contributed by atoms with Gasteiger partial charge in [0.15, 0.2) is 6.10 Å². The van der Waals surface area contributed by atoms with Crippen molar-refractivity contribution in [3.8, 4) is 11.5 Å². The lowest BCUT2D eigenvalue weighted by molar-refractivity contribution is 0.0276. The molecule has 0 radical (unpaired) electrons. The molecule has 1 aromatic heterocycles. The van der Waals surface area contributed by atoms with E-state index in [1.807, 2.05) is 0 Å². The zero-order valence-electron chi connectivity index (χ0n) is 17.9. The van der Waals surface area contributed by atoms with Crippen LogP contribution in [0.4, 0.5) is 0 Å². The number of hydrogen-bond acceptors (Lipinski definition) is 7. The molecule has 4 rings (SSSR count). The summed E-state index contributed by atoms with van der Waals surface area (Å²) in [7, 11) is 3.04. The average Bonchev–Trinajstić information content (AvgIpc) is 2.86. The number of Topliss-reactive ketones (excluding diaryl/α,β-unsaturated/α-hetero) is 1. The zero-order chi connectivity index (χ0) is 23.4. The van der Waals surface area contributed by atoms with Crippen LogP contribution < -0.4 is 15.1 Å². The molecule has 3 aromatic carbocycles. The maximum atomic E-state index is 13.3. The van der Waals surface area contributed by atoms with E-state index in [1.54, 1.807) is 72.8 Å². The Morgan fingerprint density at radius 3 is 2.06 bits per heavy atom. The third-order valence-electron chi connectivity index (χ3n) is 5.12. The second-order valence-electron chi connectivity index (χ2n) is 7.14. The lowest BCUT2D eigenvalue weighted by atomic mass is 9.99. The highest BCUT2D eigenvalue weighted by molar-refractivity contribution is 6.02. The molecule has 1 heterocycles. The van der Waals surface area contributed by atoms with Gasteiger partial charge in [0.05, 0.1) is 14.2 Å². The average molecular weight is 444 g/mol. The second-order valence-corrected chi connectivity index (χ2v) is 7.14. The van der Waals surface area contributed by atoms with Gasteiger partial charge in [0.1, 0.15) is 22.6 Å². The van der Waals surface area contributed by atoms with Gasteiger partial charge in [-0.15, -0.1) is 0 Å². The van der Waals surface area contributed by atoms with Gasteiger partial charge in [-0.1, -0.05) is 30.3 Å². The molecule has 0 amide bonds.